The van der Waals surface area contributed by atoms with Gasteiger partial charge in [0, 0.05) is 32.5 Å². The van der Waals surface area contributed by atoms with Crippen molar-refractivity contribution in [2.24, 2.45) is 0 Å². The molecular formula is C30H21N6O4S2+. The van der Waals surface area contributed by atoms with E-state index in [1.54, 1.807) is 30.3 Å². The van der Waals surface area contributed by atoms with Crippen molar-refractivity contribution >= 4 is 58.0 Å². The summed E-state index contributed by atoms with van der Waals surface area (Å²) in [5, 5.41) is 20.4. The lowest BCUT2D eigenvalue weighted by molar-refractivity contribution is -0.621. The topological polar surface area (TPSA) is 124 Å². The van der Waals surface area contributed by atoms with E-state index in [1.807, 2.05) is 54.6 Å². The average Bonchev–Trinajstić information content (AvgIpc) is 3.42. The number of aromatic nitrogens is 4. The molecular weight excluding hydrogens is 573 g/mol. The summed E-state index contributed by atoms with van der Waals surface area (Å²) in [4.78, 5) is 34.0. The molecule has 0 aliphatic rings. The maximum absolute atomic E-state index is 13.5. The first-order chi connectivity index (χ1) is 20.4. The minimum atomic E-state index is -0.535. The van der Waals surface area contributed by atoms with Crippen LogP contribution in [-0.4, -0.2) is 33.0 Å². The summed E-state index contributed by atoms with van der Waals surface area (Å²) < 4.78 is 6.63. The molecule has 0 atom stereocenters. The van der Waals surface area contributed by atoms with E-state index in [1.165, 1.54) is 23.9 Å². The molecule has 0 radical (unpaired) electrons. The van der Waals surface area contributed by atoms with Crippen LogP contribution in [0.3, 0.4) is 0 Å². The van der Waals surface area contributed by atoms with Gasteiger partial charge in [0.25, 0.3) is 0 Å². The first-order valence-electron chi connectivity index (χ1n) is 12.6. The third kappa shape index (κ3) is 5.28. The number of para-hydroxylation sites is 1. The molecule has 4 aromatic carbocycles. The van der Waals surface area contributed by atoms with Crippen molar-refractivity contribution in [3.8, 4) is 27.7 Å². The van der Waals surface area contributed by atoms with E-state index >= 15 is 0 Å². The monoisotopic (exact) mass is 593 g/mol. The molecule has 0 unspecified atom stereocenters. The van der Waals surface area contributed by atoms with Gasteiger partial charge >= 0.3 is 16.6 Å². The number of nitro groups is 1. The summed E-state index contributed by atoms with van der Waals surface area (Å²) in [6.45, 7) is 0. The quantitative estimate of drug-likeness (QED) is 0.0951. The van der Waals surface area contributed by atoms with Gasteiger partial charge in [-0.3, -0.25) is 10.1 Å². The Bertz CT molecular complexity index is 1960. The minimum Gasteiger partial charge on any atom is -0.490 e. The van der Waals surface area contributed by atoms with Crippen LogP contribution in [0.2, 0.25) is 0 Å². The summed E-state index contributed by atoms with van der Waals surface area (Å²) in [5.41, 5.74) is 3.01. The molecule has 0 saturated carbocycles. The van der Waals surface area contributed by atoms with Crippen LogP contribution in [0.15, 0.2) is 101 Å². The van der Waals surface area contributed by atoms with Gasteiger partial charge < -0.3 is 10.1 Å². The standard InChI is InChI=1S/C30H20N6O4S2/c1-40-25-16-13-20(17-24(25)36(38)39)29-35(34-30(41)42-29)28(37)19-11-14-21(15-12-19)31-27-22-9-5-6-10-23(22)32-26(33-27)18-7-3-2-4-8-18/h2-17H,1H3,(H-,31,32,33,34,37,41)/p+1. The van der Waals surface area contributed by atoms with Crippen molar-refractivity contribution in [1.29, 1.82) is 0 Å². The van der Waals surface area contributed by atoms with Crippen molar-refractivity contribution in [2.45, 2.75) is 4.34 Å². The van der Waals surface area contributed by atoms with E-state index < -0.39 is 10.8 Å². The van der Waals surface area contributed by atoms with Crippen LogP contribution in [0, 0.1) is 10.1 Å². The fraction of sp³-hybridized carbons (Fsp3) is 0.0333. The van der Waals surface area contributed by atoms with Gasteiger partial charge in [-0.05, 0) is 59.9 Å². The van der Waals surface area contributed by atoms with E-state index in [-0.39, 0.29) is 11.4 Å². The first kappa shape index (κ1) is 27.0. The molecule has 206 valence electrons. The Morgan fingerprint density at radius 1 is 0.952 bits per heavy atom. The zero-order valence-corrected chi connectivity index (χ0v) is 23.7. The number of thiol groups is 1. The lowest BCUT2D eigenvalue weighted by Crippen LogP contribution is -2.46. The number of nitro benzene ring substituents is 1. The highest BCUT2D eigenvalue weighted by Gasteiger charge is 2.31. The fourth-order valence-electron chi connectivity index (χ4n) is 4.41. The van der Waals surface area contributed by atoms with Crippen LogP contribution < -0.4 is 14.7 Å². The summed E-state index contributed by atoms with van der Waals surface area (Å²) in [7, 11) is 1.36. The molecule has 6 aromatic rings. The summed E-state index contributed by atoms with van der Waals surface area (Å²) in [5.74, 6) is 0.936. The molecule has 12 heteroatoms. The van der Waals surface area contributed by atoms with Gasteiger partial charge in [-0.25, -0.2) is 14.8 Å². The van der Waals surface area contributed by atoms with E-state index in [9.17, 15) is 14.9 Å². The molecule has 0 bridgehead atoms. The molecule has 0 fully saturated rings. The van der Waals surface area contributed by atoms with Crippen molar-refractivity contribution in [3.63, 3.8) is 0 Å². The maximum Gasteiger partial charge on any atom is 0.450 e. The average molecular weight is 594 g/mol. The molecule has 1 N–H and O–H groups in total. The number of fused-ring (bicyclic) bond motifs is 1. The molecule has 0 spiro atoms. The number of hydrogen-bond acceptors (Lipinski definition) is 10. The predicted octanol–water partition coefficient (Wildman–Crippen LogP) is 6.35. The number of hydrogen-bond donors (Lipinski definition) is 2. The highest BCUT2D eigenvalue weighted by atomic mass is 32.2. The molecule has 0 aliphatic heterocycles. The number of carbonyl (C=O) groups is 1. The van der Waals surface area contributed by atoms with Gasteiger partial charge in [0.1, 0.15) is 5.82 Å². The van der Waals surface area contributed by atoms with E-state index in [2.05, 4.69) is 23.0 Å². The molecule has 0 saturated heterocycles. The maximum atomic E-state index is 13.5. The van der Waals surface area contributed by atoms with Gasteiger partial charge in [-0.2, -0.15) is 0 Å². The molecule has 0 aliphatic carbocycles. The third-order valence-electron chi connectivity index (χ3n) is 6.41. The Morgan fingerprint density at radius 2 is 1.69 bits per heavy atom. The molecule has 2 heterocycles. The molecule has 0 amide bonds. The van der Waals surface area contributed by atoms with Crippen LogP contribution >= 0.6 is 24.0 Å². The van der Waals surface area contributed by atoms with Crippen molar-refractivity contribution < 1.29 is 19.1 Å². The lowest BCUT2D eigenvalue weighted by atomic mass is 10.1. The zero-order valence-electron chi connectivity index (χ0n) is 22.0. The number of ether oxygens (including phenoxy) is 1. The highest BCUT2D eigenvalue weighted by Crippen LogP contribution is 2.34. The number of methoxy groups -OCH3 is 1. The number of nitrogens with zero attached hydrogens (tertiary/aromatic N) is 5. The van der Waals surface area contributed by atoms with Gasteiger partial charge in [0.2, 0.25) is 4.34 Å². The van der Waals surface area contributed by atoms with Crippen LogP contribution in [0.1, 0.15) is 10.4 Å². The second-order valence-corrected chi connectivity index (χ2v) is 10.7. The number of rotatable bonds is 7. The van der Waals surface area contributed by atoms with E-state index in [4.69, 9.17) is 14.7 Å². The Kier molecular flexibility index (Phi) is 7.30. The SMILES string of the molecule is COc1ccc(-c2sc(S)n[n+]2C(=O)c2ccc(Nc3nc(-c4ccccc4)nc4ccccc34)cc2)cc1[N+](=O)[O-]. The second kappa shape index (κ2) is 11.4. The van der Waals surface area contributed by atoms with E-state index in [0.717, 1.165) is 33.5 Å². The summed E-state index contributed by atoms with van der Waals surface area (Å²) >= 11 is 5.46. The van der Waals surface area contributed by atoms with Crippen molar-refractivity contribution in [1.82, 2.24) is 15.1 Å². The Hall–Kier alpha value is -5.20. The Labute approximate surface area is 248 Å². The van der Waals surface area contributed by atoms with Gasteiger partial charge in [-0.1, -0.05) is 42.5 Å². The molecule has 10 nitrogen and oxygen atoms in total. The summed E-state index contributed by atoms with van der Waals surface area (Å²) in [6.07, 6.45) is 0. The largest absolute Gasteiger partial charge is 0.490 e. The van der Waals surface area contributed by atoms with Gasteiger partial charge in [0.15, 0.2) is 11.6 Å². The van der Waals surface area contributed by atoms with Crippen molar-refractivity contribution in [2.75, 3.05) is 12.4 Å². The molecule has 6 rings (SSSR count). The third-order valence-corrected chi connectivity index (χ3v) is 7.64. The highest BCUT2D eigenvalue weighted by molar-refractivity contribution is 7.82. The van der Waals surface area contributed by atoms with E-state index in [0.29, 0.717) is 32.1 Å². The Balaban J connectivity index is 1.31. The number of carbonyl (C=O) groups excluding carboxylic acids is 1. The summed E-state index contributed by atoms with van der Waals surface area (Å²) in [6, 6.07) is 28.9. The van der Waals surface area contributed by atoms with Crippen LogP contribution in [0.25, 0.3) is 32.9 Å². The smallest absolute Gasteiger partial charge is 0.450 e. The number of anilines is 2. The van der Waals surface area contributed by atoms with Gasteiger partial charge in [0.05, 0.1) is 28.7 Å². The molecule has 42 heavy (non-hydrogen) atoms. The Morgan fingerprint density at radius 3 is 2.43 bits per heavy atom. The lowest BCUT2D eigenvalue weighted by Gasteiger charge is -2.11. The number of benzene rings is 4. The fourth-order valence-corrected chi connectivity index (χ4v) is 5.51. The first-order valence-corrected chi connectivity index (χ1v) is 13.9. The normalized spacial score (nSPS) is 10.9. The number of nitrogens with one attached hydrogen (secondary N) is 1. The predicted molar refractivity (Wildman–Crippen MR) is 163 cm³/mol. The minimum absolute atomic E-state index is 0.118. The molecule has 2 aromatic heterocycles. The second-order valence-electron chi connectivity index (χ2n) is 9.03. The van der Waals surface area contributed by atoms with Crippen molar-refractivity contribution in [3.05, 3.63) is 113 Å². The van der Waals surface area contributed by atoms with Crippen LogP contribution in [0.4, 0.5) is 17.2 Å². The van der Waals surface area contributed by atoms with Gasteiger partial charge in [-0.15, -0.1) is 12.6 Å². The van der Waals surface area contributed by atoms with Crippen LogP contribution in [0.5, 0.6) is 5.75 Å². The zero-order chi connectivity index (χ0) is 29.2. The van der Waals surface area contributed by atoms with Crippen LogP contribution in [-0.2, 0) is 0 Å².